The van der Waals surface area contributed by atoms with E-state index in [4.69, 9.17) is 0 Å². The average molecular weight is 180 g/mol. The Balaban J connectivity index is 1.96. The van der Waals surface area contributed by atoms with Crippen LogP contribution in [0.4, 0.5) is 0 Å². The summed E-state index contributed by atoms with van der Waals surface area (Å²) >= 11 is 1.74. The molecule has 1 aliphatic carbocycles. The molecule has 12 heavy (non-hydrogen) atoms. The summed E-state index contributed by atoms with van der Waals surface area (Å²) in [6, 6.07) is 2.25. The van der Waals surface area contributed by atoms with Gasteiger partial charge < -0.3 is 0 Å². The highest BCUT2D eigenvalue weighted by atomic mass is 32.2. The quantitative estimate of drug-likeness (QED) is 0.615. The summed E-state index contributed by atoms with van der Waals surface area (Å²) in [5.74, 6) is 0. The van der Waals surface area contributed by atoms with Gasteiger partial charge in [0.15, 0.2) is 0 Å². The smallest absolute Gasteiger partial charge is 0.118 e. The highest BCUT2D eigenvalue weighted by molar-refractivity contribution is 7.98. The molecule has 1 aromatic rings. The van der Waals surface area contributed by atoms with Crippen molar-refractivity contribution in [3.63, 3.8) is 0 Å². The van der Waals surface area contributed by atoms with E-state index >= 15 is 0 Å². The summed E-state index contributed by atoms with van der Waals surface area (Å²) in [7, 11) is 0. The summed E-state index contributed by atoms with van der Waals surface area (Å²) in [6.07, 6.45) is 6.21. The summed E-state index contributed by atoms with van der Waals surface area (Å²) in [4.78, 5) is 0. The lowest BCUT2D eigenvalue weighted by molar-refractivity contribution is 0.465. The SMILES string of the molecule is CSc1cc2n(n1)CC1(CC1)C2. The number of nitrogens with zero attached hydrogens (tertiary/aromatic N) is 2. The van der Waals surface area contributed by atoms with Gasteiger partial charge in [-0.05, 0) is 37.0 Å². The fourth-order valence-electron chi connectivity index (χ4n) is 2.08. The molecule has 2 heterocycles. The van der Waals surface area contributed by atoms with Crippen LogP contribution < -0.4 is 0 Å². The lowest BCUT2D eigenvalue weighted by Gasteiger charge is -2.01. The predicted octanol–water partition coefficient (Wildman–Crippen LogP) is 1.94. The Kier molecular flexibility index (Phi) is 1.21. The van der Waals surface area contributed by atoms with Crippen molar-refractivity contribution >= 4 is 11.8 Å². The largest absolute Gasteiger partial charge is 0.268 e. The molecule has 0 saturated heterocycles. The van der Waals surface area contributed by atoms with Crippen LogP contribution in [0.5, 0.6) is 0 Å². The number of fused-ring (bicyclic) bond motifs is 1. The second-order valence-corrected chi connectivity index (χ2v) is 4.84. The highest BCUT2D eigenvalue weighted by Crippen LogP contribution is 2.53. The maximum atomic E-state index is 4.52. The predicted molar refractivity (Wildman–Crippen MR) is 49.4 cm³/mol. The van der Waals surface area contributed by atoms with E-state index < -0.39 is 0 Å². The molecule has 0 amide bonds. The third-order valence-electron chi connectivity index (χ3n) is 3.05. The zero-order valence-corrected chi connectivity index (χ0v) is 8.02. The van der Waals surface area contributed by atoms with Gasteiger partial charge in [-0.15, -0.1) is 11.8 Å². The van der Waals surface area contributed by atoms with Crippen molar-refractivity contribution in [2.75, 3.05) is 6.26 Å². The van der Waals surface area contributed by atoms with Crippen LogP contribution in [0.3, 0.4) is 0 Å². The Hall–Kier alpha value is -0.440. The van der Waals surface area contributed by atoms with Gasteiger partial charge in [-0.1, -0.05) is 0 Å². The molecular weight excluding hydrogens is 168 g/mol. The van der Waals surface area contributed by atoms with Crippen LogP contribution in [0.1, 0.15) is 18.5 Å². The zero-order valence-electron chi connectivity index (χ0n) is 7.21. The molecule has 3 heteroatoms. The number of rotatable bonds is 1. The fraction of sp³-hybridized carbons (Fsp3) is 0.667. The first-order chi connectivity index (χ1) is 5.81. The van der Waals surface area contributed by atoms with Gasteiger partial charge in [0.1, 0.15) is 5.03 Å². The molecular formula is C9H12N2S. The van der Waals surface area contributed by atoms with Crippen molar-refractivity contribution in [2.24, 2.45) is 5.41 Å². The van der Waals surface area contributed by atoms with Gasteiger partial charge >= 0.3 is 0 Å². The van der Waals surface area contributed by atoms with Crippen LogP contribution in [-0.2, 0) is 13.0 Å². The molecule has 0 bridgehead atoms. The minimum atomic E-state index is 0.666. The topological polar surface area (TPSA) is 17.8 Å². The van der Waals surface area contributed by atoms with Crippen LogP contribution in [0.25, 0.3) is 0 Å². The first kappa shape index (κ1) is 7.01. The average Bonchev–Trinajstić information content (AvgIpc) is 2.52. The second-order valence-electron chi connectivity index (χ2n) is 4.01. The van der Waals surface area contributed by atoms with Crippen molar-refractivity contribution in [1.82, 2.24) is 9.78 Å². The van der Waals surface area contributed by atoms with E-state index in [0.717, 1.165) is 0 Å². The Bertz CT molecular complexity index is 300. The van der Waals surface area contributed by atoms with Crippen molar-refractivity contribution in [3.8, 4) is 0 Å². The van der Waals surface area contributed by atoms with Crippen molar-refractivity contribution in [1.29, 1.82) is 0 Å². The Morgan fingerprint density at radius 2 is 2.42 bits per heavy atom. The zero-order chi connectivity index (χ0) is 8.18. The fourth-order valence-corrected chi connectivity index (χ4v) is 2.51. The molecule has 1 aromatic heterocycles. The summed E-state index contributed by atoms with van der Waals surface area (Å²) < 4.78 is 2.21. The van der Waals surface area contributed by atoms with Gasteiger partial charge in [0.25, 0.3) is 0 Å². The highest BCUT2D eigenvalue weighted by Gasteiger charge is 2.47. The van der Waals surface area contributed by atoms with E-state index in [1.54, 1.807) is 11.8 Å². The monoisotopic (exact) mass is 180 g/mol. The molecule has 0 radical (unpaired) electrons. The van der Waals surface area contributed by atoms with Gasteiger partial charge in [-0.3, -0.25) is 4.68 Å². The third kappa shape index (κ3) is 0.859. The molecule has 0 N–H and O–H groups in total. The van der Waals surface area contributed by atoms with Crippen molar-refractivity contribution in [3.05, 3.63) is 11.8 Å². The maximum Gasteiger partial charge on any atom is 0.118 e. The van der Waals surface area contributed by atoms with Crippen LogP contribution >= 0.6 is 11.8 Å². The van der Waals surface area contributed by atoms with Crippen molar-refractivity contribution in [2.45, 2.75) is 30.8 Å². The van der Waals surface area contributed by atoms with E-state index in [2.05, 4.69) is 22.1 Å². The molecule has 3 rings (SSSR count). The van der Waals surface area contributed by atoms with E-state index in [0.29, 0.717) is 5.41 Å². The Morgan fingerprint density at radius 3 is 3.00 bits per heavy atom. The molecule has 1 aliphatic heterocycles. The second kappa shape index (κ2) is 2.08. The Morgan fingerprint density at radius 1 is 1.58 bits per heavy atom. The number of aromatic nitrogens is 2. The van der Waals surface area contributed by atoms with Crippen LogP contribution in [0, 0.1) is 5.41 Å². The maximum absolute atomic E-state index is 4.52. The van der Waals surface area contributed by atoms with Crippen LogP contribution in [-0.4, -0.2) is 16.0 Å². The molecule has 2 aliphatic rings. The van der Waals surface area contributed by atoms with Gasteiger partial charge in [-0.2, -0.15) is 5.10 Å². The van der Waals surface area contributed by atoms with E-state index in [9.17, 15) is 0 Å². The minimum Gasteiger partial charge on any atom is -0.268 e. The first-order valence-corrected chi connectivity index (χ1v) is 5.65. The van der Waals surface area contributed by atoms with E-state index in [-0.39, 0.29) is 0 Å². The minimum absolute atomic E-state index is 0.666. The van der Waals surface area contributed by atoms with E-state index in [1.165, 1.54) is 36.5 Å². The van der Waals surface area contributed by atoms with E-state index in [1.807, 2.05) is 0 Å². The lowest BCUT2D eigenvalue weighted by Crippen LogP contribution is -2.03. The standard InChI is InChI=1S/C9H12N2S/c1-12-8-4-7-5-9(2-3-9)6-11(7)10-8/h4H,2-3,5-6H2,1H3. The molecule has 64 valence electrons. The molecule has 1 spiro atoms. The molecule has 1 fully saturated rings. The first-order valence-electron chi connectivity index (χ1n) is 4.42. The van der Waals surface area contributed by atoms with Gasteiger partial charge in [-0.25, -0.2) is 0 Å². The van der Waals surface area contributed by atoms with Gasteiger partial charge in [0, 0.05) is 12.2 Å². The summed E-state index contributed by atoms with van der Waals surface area (Å²) in [6.45, 7) is 1.18. The normalized spacial score (nSPS) is 23.1. The summed E-state index contributed by atoms with van der Waals surface area (Å²) in [5, 5.41) is 5.71. The molecule has 0 unspecified atom stereocenters. The molecule has 1 saturated carbocycles. The Labute approximate surface area is 76.3 Å². The van der Waals surface area contributed by atoms with Crippen molar-refractivity contribution < 1.29 is 0 Å². The molecule has 2 nitrogen and oxygen atoms in total. The third-order valence-corrected chi connectivity index (χ3v) is 3.67. The summed E-state index contributed by atoms with van der Waals surface area (Å²) in [5.41, 5.74) is 2.12. The van der Waals surface area contributed by atoms with Gasteiger partial charge in [0.05, 0.1) is 0 Å². The molecule has 0 atom stereocenters. The van der Waals surface area contributed by atoms with Crippen LogP contribution in [0.15, 0.2) is 11.1 Å². The number of hydrogen-bond donors (Lipinski definition) is 0. The molecule has 0 aromatic carbocycles. The van der Waals surface area contributed by atoms with Gasteiger partial charge in [0.2, 0.25) is 0 Å². The number of thioether (sulfide) groups is 1. The van der Waals surface area contributed by atoms with Crippen LogP contribution in [0.2, 0.25) is 0 Å². The lowest BCUT2D eigenvalue weighted by atomic mass is 10.1. The number of hydrogen-bond acceptors (Lipinski definition) is 2.